The normalized spacial score (nSPS) is 9.67. The molecule has 112 valence electrons. The molecule has 5 nitrogen and oxygen atoms in total. The minimum Gasteiger partial charge on any atom is -0.352 e. The van der Waals surface area contributed by atoms with E-state index in [4.69, 9.17) is 5.26 Å². The van der Waals surface area contributed by atoms with E-state index in [9.17, 15) is 9.59 Å². The Morgan fingerprint density at radius 2 is 1.71 bits per heavy atom. The molecular formula is C16H21N3O2. The van der Waals surface area contributed by atoms with Gasteiger partial charge in [0, 0.05) is 18.5 Å². The highest BCUT2D eigenvalue weighted by atomic mass is 16.2. The molecule has 21 heavy (non-hydrogen) atoms. The first kappa shape index (κ1) is 16.7. The van der Waals surface area contributed by atoms with Crippen LogP contribution in [0.25, 0.3) is 0 Å². The third kappa shape index (κ3) is 7.73. The van der Waals surface area contributed by atoms with Crippen molar-refractivity contribution in [1.29, 1.82) is 5.26 Å². The standard InChI is InChI=1S/C16H21N3O2/c17-11-13-18-15(20)10-6-1-2-7-12-19-16(21)14-8-4-3-5-9-14/h3-5,8-9H,1-2,6-7,10,12-13H2,(H,18,20)(H,19,21). The first-order valence-corrected chi connectivity index (χ1v) is 7.21. The van der Waals surface area contributed by atoms with E-state index in [0.717, 1.165) is 25.7 Å². The molecule has 0 aliphatic rings. The highest BCUT2D eigenvalue weighted by molar-refractivity contribution is 5.94. The number of benzene rings is 1. The van der Waals surface area contributed by atoms with Crippen molar-refractivity contribution >= 4 is 11.8 Å². The molecule has 0 unspecified atom stereocenters. The number of hydrogen-bond donors (Lipinski definition) is 2. The van der Waals surface area contributed by atoms with Gasteiger partial charge in [0.1, 0.15) is 6.54 Å². The van der Waals surface area contributed by atoms with Crippen LogP contribution in [0.2, 0.25) is 0 Å². The van der Waals surface area contributed by atoms with Gasteiger partial charge in [-0.15, -0.1) is 0 Å². The van der Waals surface area contributed by atoms with Crippen molar-refractivity contribution in [1.82, 2.24) is 10.6 Å². The van der Waals surface area contributed by atoms with Crippen molar-refractivity contribution in [2.45, 2.75) is 32.1 Å². The molecule has 0 spiro atoms. The van der Waals surface area contributed by atoms with E-state index >= 15 is 0 Å². The summed E-state index contributed by atoms with van der Waals surface area (Å²) >= 11 is 0. The summed E-state index contributed by atoms with van der Waals surface area (Å²) in [7, 11) is 0. The van der Waals surface area contributed by atoms with Crippen LogP contribution >= 0.6 is 0 Å². The molecule has 2 N–H and O–H groups in total. The van der Waals surface area contributed by atoms with E-state index in [1.165, 1.54) is 0 Å². The Hall–Kier alpha value is -2.35. The summed E-state index contributed by atoms with van der Waals surface area (Å²) in [5.41, 5.74) is 0.673. The summed E-state index contributed by atoms with van der Waals surface area (Å²) in [6, 6.07) is 11.0. The minimum atomic E-state index is -0.0751. The van der Waals surface area contributed by atoms with Crippen molar-refractivity contribution in [3.8, 4) is 6.07 Å². The van der Waals surface area contributed by atoms with Crippen molar-refractivity contribution in [3.63, 3.8) is 0 Å². The van der Waals surface area contributed by atoms with Gasteiger partial charge in [0.25, 0.3) is 5.91 Å². The molecule has 0 fully saturated rings. The van der Waals surface area contributed by atoms with E-state index in [1.807, 2.05) is 24.3 Å². The van der Waals surface area contributed by atoms with Gasteiger partial charge >= 0.3 is 0 Å². The van der Waals surface area contributed by atoms with Gasteiger partial charge in [-0.2, -0.15) is 5.26 Å². The van der Waals surface area contributed by atoms with Gasteiger partial charge in [-0.25, -0.2) is 0 Å². The van der Waals surface area contributed by atoms with Crippen LogP contribution in [0, 0.1) is 11.3 Å². The van der Waals surface area contributed by atoms with Crippen LogP contribution in [-0.4, -0.2) is 24.9 Å². The van der Waals surface area contributed by atoms with Crippen LogP contribution in [0.1, 0.15) is 42.5 Å². The zero-order chi connectivity index (χ0) is 15.3. The van der Waals surface area contributed by atoms with Crippen LogP contribution in [0.4, 0.5) is 0 Å². The monoisotopic (exact) mass is 287 g/mol. The zero-order valence-electron chi connectivity index (χ0n) is 12.1. The number of nitrogens with one attached hydrogen (secondary N) is 2. The van der Waals surface area contributed by atoms with Crippen molar-refractivity contribution in [2.24, 2.45) is 0 Å². The molecule has 2 amide bonds. The predicted octanol–water partition coefficient (Wildman–Crippen LogP) is 2.01. The van der Waals surface area contributed by atoms with E-state index in [-0.39, 0.29) is 18.4 Å². The van der Waals surface area contributed by atoms with Crippen molar-refractivity contribution < 1.29 is 9.59 Å². The molecule has 0 aromatic heterocycles. The highest BCUT2D eigenvalue weighted by Crippen LogP contribution is 2.03. The largest absolute Gasteiger partial charge is 0.352 e. The number of carbonyl (C=O) groups is 2. The lowest BCUT2D eigenvalue weighted by molar-refractivity contribution is -0.120. The first-order valence-electron chi connectivity index (χ1n) is 7.21. The summed E-state index contributed by atoms with van der Waals surface area (Å²) in [5, 5.41) is 13.7. The van der Waals surface area contributed by atoms with Crippen LogP contribution < -0.4 is 10.6 Å². The molecule has 0 saturated carbocycles. The fraction of sp³-hybridized carbons (Fsp3) is 0.438. The van der Waals surface area contributed by atoms with Crippen molar-refractivity contribution in [2.75, 3.05) is 13.1 Å². The predicted molar refractivity (Wildman–Crippen MR) is 80.5 cm³/mol. The van der Waals surface area contributed by atoms with Crippen LogP contribution in [0.15, 0.2) is 30.3 Å². The smallest absolute Gasteiger partial charge is 0.251 e. The lowest BCUT2D eigenvalue weighted by Crippen LogP contribution is -2.24. The third-order valence-corrected chi connectivity index (χ3v) is 3.02. The molecular weight excluding hydrogens is 266 g/mol. The Morgan fingerprint density at radius 3 is 2.43 bits per heavy atom. The lowest BCUT2D eigenvalue weighted by atomic mass is 10.1. The van der Waals surface area contributed by atoms with Gasteiger partial charge in [-0.1, -0.05) is 31.0 Å². The average molecular weight is 287 g/mol. The summed E-state index contributed by atoms with van der Waals surface area (Å²) in [5.74, 6) is -0.125. The maximum Gasteiger partial charge on any atom is 0.251 e. The second-order valence-electron chi connectivity index (χ2n) is 4.72. The quantitative estimate of drug-likeness (QED) is 0.538. The Balaban J connectivity index is 1.99. The van der Waals surface area contributed by atoms with E-state index in [2.05, 4.69) is 10.6 Å². The van der Waals surface area contributed by atoms with E-state index in [0.29, 0.717) is 18.5 Å². The van der Waals surface area contributed by atoms with Crippen LogP contribution in [-0.2, 0) is 4.79 Å². The Bertz CT molecular complexity index is 480. The summed E-state index contributed by atoms with van der Waals surface area (Å²) < 4.78 is 0. The van der Waals surface area contributed by atoms with Crippen molar-refractivity contribution in [3.05, 3.63) is 35.9 Å². The SMILES string of the molecule is N#CCNC(=O)CCCCCCNC(=O)c1ccccc1. The zero-order valence-corrected chi connectivity index (χ0v) is 12.1. The maximum absolute atomic E-state index is 11.7. The molecule has 0 atom stereocenters. The number of carbonyl (C=O) groups excluding carboxylic acids is 2. The molecule has 0 aliphatic carbocycles. The number of nitrogens with zero attached hydrogens (tertiary/aromatic N) is 1. The second-order valence-corrected chi connectivity index (χ2v) is 4.72. The fourth-order valence-electron chi connectivity index (χ4n) is 1.88. The van der Waals surface area contributed by atoms with Gasteiger partial charge in [-0.3, -0.25) is 9.59 Å². The van der Waals surface area contributed by atoms with Gasteiger partial charge in [0.15, 0.2) is 0 Å². The average Bonchev–Trinajstić information content (AvgIpc) is 2.52. The number of nitriles is 1. The summed E-state index contributed by atoms with van der Waals surface area (Å²) in [4.78, 5) is 23.0. The van der Waals surface area contributed by atoms with Gasteiger partial charge < -0.3 is 10.6 Å². The highest BCUT2D eigenvalue weighted by Gasteiger charge is 2.03. The molecule has 1 rings (SSSR count). The molecule has 0 aliphatic heterocycles. The minimum absolute atomic E-state index is 0.0496. The van der Waals surface area contributed by atoms with Gasteiger partial charge in [0.05, 0.1) is 6.07 Å². The number of amides is 2. The summed E-state index contributed by atoms with van der Waals surface area (Å²) in [6.45, 7) is 0.721. The number of rotatable bonds is 9. The van der Waals surface area contributed by atoms with Gasteiger partial charge in [-0.05, 0) is 25.0 Å². The third-order valence-electron chi connectivity index (χ3n) is 3.02. The summed E-state index contributed by atoms with van der Waals surface area (Å²) in [6.07, 6.45) is 4.09. The molecule has 0 bridgehead atoms. The van der Waals surface area contributed by atoms with Crippen LogP contribution in [0.5, 0.6) is 0 Å². The lowest BCUT2D eigenvalue weighted by Gasteiger charge is -2.05. The van der Waals surface area contributed by atoms with E-state index < -0.39 is 0 Å². The number of unbranched alkanes of at least 4 members (excludes halogenated alkanes) is 3. The molecule has 1 aromatic rings. The molecule has 0 radical (unpaired) electrons. The fourth-order valence-corrected chi connectivity index (χ4v) is 1.88. The first-order chi connectivity index (χ1) is 10.2. The van der Waals surface area contributed by atoms with Crippen LogP contribution in [0.3, 0.4) is 0 Å². The van der Waals surface area contributed by atoms with Gasteiger partial charge in [0.2, 0.25) is 5.91 Å². The van der Waals surface area contributed by atoms with E-state index in [1.54, 1.807) is 12.1 Å². The topological polar surface area (TPSA) is 82.0 Å². The number of hydrogen-bond acceptors (Lipinski definition) is 3. The molecule has 5 heteroatoms. The molecule has 0 saturated heterocycles. The Labute approximate surface area is 125 Å². The second kappa shape index (κ2) is 10.4. The molecule has 1 aromatic carbocycles. The Morgan fingerprint density at radius 1 is 1.00 bits per heavy atom. The maximum atomic E-state index is 11.7. The molecule has 0 heterocycles. The Kier molecular flexibility index (Phi) is 8.30.